The highest BCUT2D eigenvalue weighted by molar-refractivity contribution is 7.98. The maximum atomic E-state index is 9.44. The van der Waals surface area contributed by atoms with Crippen molar-refractivity contribution in [1.82, 2.24) is 9.97 Å². The van der Waals surface area contributed by atoms with E-state index in [1.54, 1.807) is 6.07 Å². The van der Waals surface area contributed by atoms with Gasteiger partial charge in [0.15, 0.2) is 5.16 Å². The molecule has 3 N–H and O–H groups in total. The second-order valence-corrected chi connectivity index (χ2v) is 5.12. The summed E-state index contributed by atoms with van der Waals surface area (Å²) in [5, 5.41) is 10.1. The summed E-state index contributed by atoms with van der Waals surface area (Å²) in [6.07, 6.45) is 3.00. The number of thioether (sulfide) groups is 1. The highest BCUT2D eigenvalue weighted by Gasteiger charge is 2.31. The number of nitrogens with two attached hydrogens (primary N) is 1. The molecule has 0 radical (unpaired) electrons. The van der Waals surface area contributed by atoms with Crippen LogP contribution in [0.2, 0.25) is 0 Å². The predicted molar refractivity (Wildman–Crippen MR) is 70.2 cm³/mol. The van der Waals surface area contributed by atoms with Gasteiger partial charge in [0.25, 0.3) is 0 Å². The van der Waals surface area contributed by atoms with Crippen LogP contribution in [0.5, 0.6) is 0 Å². The van der Waals surface area contributed by atoms with E-state index in [-0.39, 0.29) is 12.6 Å². The van der Waals surface area contributed by atoms with Gasteiger partial charge in [0, 0.05) is 12.6 Å². The first-order valence-electron chi connectivity index (χ1n) is 5.71. The predicted octanol–water partition coefficient (Wildman–Crippen LogP) is 0.988. The lowest BCUT2D eigenvalue weighted by Crippen LogP contribution is -2.35. The normalized spacial score (nSPS) is 24.3. The number of nitrogen functional groups attached to an aromatic ring is 1. The molecule has 2 atom stereocenters. The molecule has 2 rings (SSSR count). The molecule has 1 aromatic rings. The SMILES string of the molecule is CSc1nc(N)cc(N2CCC(C)C2CO)n1. The van der Waals surface area contributed by atoms with Gasteiger partial charge in [0.05, 0.1) is 12.6 Å². The molecule has 1 aliphatic heterocycles. The Balaban J connectivity index is 2.30. The van der Waals surface area contributed by atoms with Crippen molar-refractivity contribution in [3.63, 3.8) is 0 Å². The van der Waals surface area contributed by atoms with Crippen LogP contribution in [0.1, 0.15) is 13.3 Å². The second kappa shape index (κ2) is 5.10. The Morgan fingerprint density at radius 3 is 3.00 bits per heavy atom. The minimum atomic E-state index is 0.138. The average molecular weight is 254 g/mol. The Kier molecular flexibility index (Phi) is 3.73. The maximum Gasteiger partial charge on any atom is 0.191 e. The number of hydrogen-bond acceptors (Lipinski definition) is 6. The van der Waals surface area contributed by atoms with Crippen molar-refractivity contribution in [2.75, 3.05) is 30.0 Å². The van der Waals surface area contributed by atoms with Gasteiger partial charge >= 0.3 is 0 Å². The lowest BCUT2D eigenvalue weighted by molar-refractivity contribution is 0.244. The second-order valence-electron chi connectivity index (χ2n) is 4.35. The van der Waals surface area contributed by atoms with Crippen LogP contribution in [0, 0.1) is 5.92 Å². The lowest BCUT2D eigenvalue weighted by Gasteiger charge is -2.26. The minimum Gasteiger partial charge on any atom is -0.394 e. The third kappa shape index (κ3) is 2.47. The van der Waals surface area contributed by atoms with Crippen LogP contribution in [-0.4, -0.2) is 40.5 Å². The van der Waals surface area contributed by atoms with E-state index in [9.17, 15) is 5.11 Å². The van der Waals surface area contributed by atoms with Crippen LogP contribution in [-0.2, 0) is 0 Å². The number of aromatic nitrogens is 2. The lowest BCUT2D eigenvalue weighted by atomic mass is 10.0. The smallest absolute Gasteiger partial charge is 0.191 e. The van der Waals surface area contributed by atoms with Gasteiger partial charge in [0.2, 0.25) is 0 Å². The molecule has 5 nitrogen and oxygen atoms in total. The molecule has 0 aromatic carbocycles. The summed E-state index contributed by atoms with van der Waals surface area (Å²) in [7, 11) is 0. The Labute approximate surface area is 105 Å². The molecule has 2 unspecified atom stereocenters. The van der Waals surface area contributed by atoms with Crippen molar-refractivity contribution in [3.05, 3.63) is 6.07 Å². The molecule has 94 valence electrons. The fourth-order valence-electron chi connectivity index (χ4n) is 2.24. The number of aliphatic hydroxyl groups is 1. The van der Waals surface area contributed by atoms with Gasteiger partial charge in [-0.25, -0.2) is 9.97 Å². The molecule has 0 bridgehead atoms. The van der Waals surface area contributed by atoms with Gasteiger partial charge in [-0.3, -0.25) is 0 Å². The van der Waals surface area contributed by atoms with Gasteiger partial charge in [-0.2, -0.15) is 0 Å². The molecule has 1 aliphatic rings. The molecule has 6 heteroatoms. The fraction of sp³-hybridized carbons (Fsp3) is 0.636. The van der Waals surface area contributed by atoms with Crippen LogP contribution in [0.4, 0.5) is 11.6 Å². The summed E-state index contributed by atoms with van der Waals surface area (Å²) in [6, 6.07) is 1.92. The zero-order valence-electron chi connectivity index (χ0n) is 10.1. The van der Waals surface area contributed by atoms with Crippen LogP contribution in [0.3, 0.4) is 0 Å². The van der Waals surface area contributed by atoms with Crippen molar-refractivity contribution >= 4 is 23.4 Å². The first-order chi connectivity index (χ1) is 8.15. The summed E-state index contributed by atoms with van der Waals surface area (Å²) in [6.45, 7) is 3.22. The monoisotopic (exact) mass is 254 g/mol. The molecular formula is C11H18N4OS. The van der Waals surface area contributed by atoms with Gasteiger partial charge in [-0.1, -0.05) is 18.7 Å². The summed E-state index contributed by atoms with van der Waals surface area (Å²) in [4.78, 5) is 10.7. The molecule has 1 fully saturated rings. The molecule has 17 heavy (non-hydrogen) atoms. The number of rotatable bonds is 3. The zero-order valence-corrected chi connectivity index (χ0v) is 10.9. The largest absolute Gasteiger partial charge is 0.394 e. The molecule has 0 spiro atoms. The van der Waals surface area contributed by atoms with Crippen molar-refractivity contribution in [1.29, 1.82) is 0 Å². The number of nitrogens with zero attached hydrogens (tertiary/aromatic N) is 3. The van der Waals surface area contributed by atoms with Crippen molar-refractivity contribution in [2.45, 2.75) is 24.5 Å². The molecule has 1 saturated heterocycles. The minimum absolute atomic E-state index is 0.138. The molecule has 1 aromatic heterocycles. The van der Waals surface area contributed by atoms with E-state index in [0.29, 0.717) is 16.9 Å². The van der Waals surface area contributed by atoms with E-state index in [1.807, 2.05) is 6.26 Å². The number of anilines is 2. The summed E-state index contributed by atoms with van der Waals surface area (Å²) in [5.74, 6) is 1.79. The Morgan fingerprint density at radius 1 is 1.59 bits per heavy atom. The zero-order chi connectivity index (χ0) is 12.4. The van der Waals surface area contributed by atoms with Gasteiger partial charge in [0.1, 0.15) is 11.6 Å². The highest BCUT2D eigenvalue weighted by atomic mass is 32.2. The summed E-state index contributed by atoms with van der Waals surface area (Å²) < 4.78 is 0. The van der Waals surface area contributed by atoms with Crippen LogP contribution in [0.15, 0.2) is 11.2 Å². The van der Waals surface area contributed by atoms with Crippen molar-refractivity contribution in [3.8, 4) is 0 Å². The molecule has 0 aliphatic carbocycles. The topological polar surface area (TPSA) is 75.3 Å². The third-order valence-corrected chi connectivity index (χ3v) is 3.81. The van der Waals surface area contributed by atoms with Crippen LogP contribution < -0.4 is 10.6 Å². The number of aliphatic hydroxyl groups excluding tert-OH is 1. The van der Waals surface area contributed by atoms with E-state index in [4.69, 9.17) is 5.73 Å². The molecule has 0 saturated carbocycles. The first kappa shape index (κ1) is 12.4. The average Bonchev–Trinajstić information content (AvgIpc) is 2.69. The van der Waals surface area contributed by atoms with E-state index in [1.165, 1.54) is 11.8 Å². The molecular weight excluding hydrogens is 236 g/mol. The molecule has 2 heterocycles. The summed E-state index contributed by atoms with van der Waals surface area (Å²) >= 11 is 1.47. The van der Waals surface area contributed by atoms with E-state index in [2.05, 4.69) is 21.8 Å². The Morgan fingerprint density at radius 2 is 2.35 bits per heavy atom. The van der Waals surface area contributed by atoms with Crippen LogP contribution >= 0.6 is 11.8 Å². The Hall–Kier alpha value is -1.01. The molecule has 0 amide bonds. The van der Waals surface area contributed by atoms with Crippen molar-refractivity contribution in [2.24, 2.45) is 5.92 Å². The summed E-state index contributed by atoms with van der Waals surface area (Å²) in [5.41, 5.74) is 5.77. The van der Waals surface area contributed by atoms with Crippen LogP contribution in [0.25, 0.3) is 0 Å². The third-order valence-electron chi connectivity index (χ3n) is 3.26. The van der Waals surface area contributed by atoms with E-state index >= 15 is 0 Å². The van der Waals surface area contributed by atoms with Gasteiger partial charge < -0.3 is 15.7 Å². The number of hydrogen-bond donors (Lipinski definition) is 2. The quantitative estimate of drug-likeness (QED) is 0.619. The van der Waals surface area contributed by atoms with Crippen molar-refractivity contribution < 1.29 is 5.11 Å². The fourth-order valence-corrected chi connectivity index (χ4v) is 2.62. The van der Waals surface area contributed by atoms with E-state index in [0.717, 1.165) is 18.8 Å². The highest BCUT2D eigenvalue weighted by Crippen LogP contribution is 2.29. The first-order valence-corrected chi connectivity index (χ1v) is 6.94. The van der Waals surface area contributed by atoms with Gasteiger partial charge in [-0.15, -0.1) is 0 Å². The maximum absolute atomic E-state index is 9.44. The van der Waals surface area contributed by atoms with Gasteiger partial charge in [-0.05, 0) is 18.6 Å². The Bertz CT molecular complexity index is 401. The standard InChI is InChI=1S/C11H18N4OS/c1-7-3-4-15(8(7)6-16)10-5-9(12)13-11(14-10)17-2/h5,7-8,16H,3-4,6H2,1-2H3,(H2,12,13,14). The van der Waals surface area contributed by atoms with E-state index < -0.39 is 0 Å².